The molecule has 9 heteroatoms. The molecule has 0 spiro atoms. The lowest BCUT2D eigenvalue weighted by atomic mass is 10.1. The van der Waals surface area contributed by atoms with Gasteiger partial charge in [0.2, 0.25) is 0 Å². The maximum absolute atomic E-state index is 12.8. The summed E-state index contributed by atoms with van der Waals surface area (Å²) >= 11 is 0. The molecule has 0 unspecified atom stereocenters. The Kier molecular flexibility index (Phi) is 4.87. The summed E-state index contributed by atoms with van der Waals surface area (Å²) in [4.78, 5) is 12.1. The van der Waals surface area contributed by atoms with E-state index < -0.39 is 17.7 Å². The Morgan fingerprint density at radius 2 is 1.83 bits per heavy atom. The monoisotopic (exact) mass is 405 g/mol. The molecule has 4 rings (SSSR count). The van der Waals surface area contributed by atoms with Crippen molar-refractivity contribution in [3.05, 3.63) is 65.4 Å². The van der Waals surface area contributed by atoms with Crippen molar-refractivity contribution in [2.75, 3.05) is 13.2 Å². The summed E-state index contributed by atoms with van der Waals surface area (Å²) in [5.74, 6) is 0.754. The summed E-state index contributed by atoms with van der Waals surface area (Å²) in [7, 11) is 0. The number of benzene rings is 2. The van der Waals surface area contributed by atoms with E-state index in [1.807, 2.05) is 0 Å². The van der Waals surface area contributed by atoms with Crippen molar-refractivity contribution in [2.45, 2.75) is 12.8 Å². The average Bonchev–Trinajstić information content (AvgIpc) is 3.20. The number of ether oxygens (including phenoxy) is 3. The van der Waals surface area contributed by atoms with Gasteiger partial charge in [0.25, 0.3) is 0 Å². The Balaban J connectivity index is 1.43. The highest BCUT2D eigenvalue weighted by molar-refractivity contribution is 5.89. The van der Waals surface area contributed by atoms with Gasteiger partial charge in [0.05, 0.1) is 11.1 Å². The maximum atomic E-state index is 12.8. The van der Waals surface area contributed by atoms with Gasteiger partial charge in [0.1, 0.15) is 25.5 Å². The minimum Gasteiger partial charge on any atom is -0.486 e. The molecule has 0 bridgehead atoms. The number of rotatable bonds is 4. The Labute approximate surface area is 162 Å². The lowest BCUT2D eigenvalue weighted by molar-refractivity contribution is -0.137. The number of alkyl halides is 3. The Hall–Kier alpha value is -3.49. The Bertz CT molecular complexity index is 1040. The van der Waals surface area contributed by atoms with Gasteiger partial charge in [-0.15, -0.1) is 0 Å². The summed E-state index contributed by atoms with van der Waals surface area (Å²) in [6.07, 6.45) is -4.54. The molecule has 1 aliphatic rings. The third-order valence-corrected chi connectivity index (χ3v) is 4.16. The number of halogens is 3. The van der Waals surface area contributed by atoms with E-state index in [0.717, 1.165) is 18.2 Å². The fourth-order valence-corrected chi connectivity index (χ4v) is 2.76. The first-order chi connectivity index (χ1) is 13.9. The topological polar surface area (TPSA) is 70.8 Å². The second-order valence-electron chi connectivity index (χ2n) is 6.20. The first-order valence-electron chi connectivity index (χ1n) is 8.60. The molecule has 0 N–H and O–H groups in total. The van der Waals surface area contributed by atoms with Gasteiger partial charge < -0.3 is 18.7 Å². The number of carbonyl (C=O) groups is 1. The third kappa shape index (κ3) is 4.18. The molecule has 0 saturated carbocycles. The molecule has 29 heavy (non-hydrogen) atoms. The molecule has 1 aromatic heterocycles. The van der Waals surface area contributed by atoms with Crippen molar-refractivity contribution in [1.29, 1.82) is 0 Å². The molecule has 0 radical (unpaired) electrons. The largest absolute Gasteiger partial charge is 0.486 e. The van der Waals surface area contributed by atoms with Crippen LogP contribution in [0.1, 0.15) is 21.6 Å². The van der Waals surface area contributed by atoms with Crippen LogP contribution in [-0.2, 0) is 17.5 Å². The van der Waals surface area contributed by atoms with Crippen LogP contribution in [0, 0.1) is 0 Å². The van der Waals surface area contributed by atoms with Crippen molar-refractivity contribution < 1.29 is 36.7 Å². The number of fused-ring (bicyclic) bond motifs is 1. The van der Waals surface area contributed by atoms with Gasteiger partial charge >= 0.3 is 12.1 Å². The lowest BCUT2D eigenvalue weighted by Gasteiger charge is -2.18. The van der Waals surface area contributed by atoms with Crippen LogP contribution in [-0.4, -0.2) is 24.3 Å². The van der Waals surface area contributed by atoms with E-state index in [0.29, 0.717) is 41.7 Å². The number of esters is 1. The third-order valence-electron chi connectivity index (χ3n) is 4.16. The molecule has 0 saturated heterocycles. The van der Waals surface area contributed by atoms with Crippen molar-refractivity contribution in [3.63, 3.8) is 0 Å². The van der Waals surface area contributed by atoms with Crippen LogP contribution >= 0.6 is 0 Å². The van der Waals surface area contributed by atoms with Crippen LogP contribution in [0.25, 0.3) is 11.3 Å². The van der Waals surface area contributed by atoms with Gasteiger partial charge in [0, 0.05) is 11.6 Å². The number of hydrogen-bond acceptors (Lipinski definition) is 6. The highest BCUT2D eigenvalue weighted by Gasteiger charge is 2.31. The predicted octanol–water partition coefficient (Wildman–Crippen LogP) is 4.49. The molecule has 2 aromatic carbocycles. The number of hydrogen-bond donors (Lipinski definition) is 0. The first kappa shape index (κ1) is 18.9. The van der Waals surface area contributed by atoms with E-state index in [-0.39, 0.29) is 12.2 Å². The summed E-state index contributed by atoms with van der Waals surface area (Å²) in [5.41, 5.74) is -0.114. The van der Waals surface area contributed by atoms with Crippen LogP contribution < -0.4 is 9.47 Å². The Morgan fingerprint density at radius 1 is 1.03 bits per heavy atom. The van der Waals surface area contributed by atoms with Crippen molar-refractivity contribution in [1.82, 2.24) is 5.16 Å². The molecular weight excluding hydrogens is 391 g/mol. The van der Waals surface area contributed by atoms with E-state index in [9.17, 15) is 18.0 Å². The average molecular weight is 405 g/mol. The van der Waals surface area contributed by atoms with E-state index >= 15 is 0 Å². The normalized spacial score (nSPS) is 13.2. The molecule has 2 heterocycles. The second kappa shape index (κ2) is 7.50. The zero-order valence-corrected chi connectivity index (χ0v) is 14.9. The van der Waals surface area contributed by atoms with Crippen LogP contribution in [0.4, 0.5) is 13.2 Å². The van der Waals surface area contributed by atoms with Gasteiger partial charge in [-0.3, -0.25) is 0 Å². The smallest absolute Gasteiger partial charge is 0.416 e. The van der Waals surface area contributed by atoms with E-state index in [1.165, 1.54) is 6.07 Å². The van der Waals surface area contributed by atoms with Gasteiger partial charge in [-0.1, -0.05) is 11.2 Å². The molecular formula is C20H14F3NO5. The van der Waals surface area contributed by atoms with E-state index in [4.69, 9.17) is 18.7 Å². The fourth-order valence-electron chi connectivity index (χ4n) is 2.76. The molecule has 6 nitrogen and oxygen atoms in total. The summed E-state index contributed by atoms with van der Waals surface area (Å²) < 4.78 is 59.6. The van der Waals surface area contributed by atoms with Crippen molar-refractivity contribution >= 4 is 5.97 Å². The fraction of sp³-hybridized carbons (Fsp3) is 0.200. The quantitative estimate of drug-likeness (QED) is 0.596. The maximum Gasteiger partial charge on any atom is 0.416 e. The van der Waals surface area contributed by atoms with E-state index in [2.05, 4.69) is 5.16 Å². The highest BCUT2D eigenvalue weighted by Crippen LogP contribution is 2.35. The minimum absolute atomic E-state index is 0.199. The number of nitrogens with zero attached hydrogens (tertiary/aromatic N) is 1. The molecule has 0 atom stereocenters. The first-order valence-corrected chi connectivity index (χ1v) is 8.60. The number of carbonyl (C=O) groups excluding carboxylic acids is 1. The summed E-state index contributed by atoms with van der Waals surface area (Å²) in [6.45, 7) is 0.683. The second-order valence-corrected chi connectivity index (χ2v) is 6.20. The standard InChI is InChI=1S/C20H14F3NO5/c21-20(22,23)14-3-1-2-13(8-14)19(25)28-11-15-10-17(29-24-15)12-4-5-16-18(9-12)27-7-6-26-16/h1-5,8-10H,6-7,11H2. The molecule has 150 valence electrons. The van der Waals surface area contributed by atoms with Crippen LogP contribution in [0.3, 0.4) is 0 Å². The van der Waals surface area contributed by atoms with Gasteiger partial charge in [-0.2, -0.15) is 13.2 Å². The predicted molar refractivity (Wildman–Crippen MR) is 93.5 cm³/mol. The molecule has 0 amide bonds. The summed E-state index contributed by atoms with van der Waals surface area (Å²) in [6, 6.07) is 10.9. The summed E-state index contributed by atoms with van der Waals surface area (Å²) in [5, 5.41) is 3.82. The zero-order valence-electron chi connectivity index (χ0n) is 14.9. The molecule has 3 aromatic rings. The van der Waals surface area contributed by atoms with Crippen LogP contribution in [0.15, 0.2) is 53.1 Å². The number of aromatic nitrogens is 1. The van der Waals surface area contributed by atoms with Gasteiger partial charge in [-0.25, -0.2) is 4.79 Å². The van der Waals surface area contributed by atoms with Crippen molar-refractivity contribution in [3.8, 4) is 22.8 Å². The molecule has 0 aliphatic carbocycles. The minimum atomic E-state index is -4.54. The van der Waals surface area contributed by atoms with Gasteiger partial charge in [-0.05, 0) is 36.4 Å². The SMILES string of the molecule is O=C(OCc1cc(-c2ccc3c(c2)OCCO3)on1)c1cccc(C(F)(F)F)c1. The van der Waals surface area contributed by atoms with Crippen molar-refractivity contribution in [2.24, 2.45) is 0 Å². The van der Waals surface area contributed by atoms with Gasteiger partial charge in [0.15, 0.2) is 17.3 Å². The molecule has 0 fully saturated rings. The molecule has 1 aliphatic heterocycles. The van der Waals surface area contributed by atoms with Crippen LogP contribution in [0.2, 0.25) is 0 Å². The lowest BCUT2D eigenvalue weighted by Crippen LogP contribution is -2.15. The van der Waals surface area contributed by atoms with E-state index in [1.54, 1.807) is 24.3 Å². The Morgan fingerprint density at radius 3 is 2.62 bits per heavy atom. The highest BCUT2D eigenvalue weighted by atomic mass is 19.4. The van der Waals surface area contributed by atoms with Crippen LogP contribution in [0.5, 0.6) is 11.5 Å². The zero-order chi connectivity index (χ0) is 20.4.